The summed E-state index contributed by atoms with van der Waals surface area (Å²) in [5, 5.41) is 35.0. The van der Waals surface area contributed by atoms with Crippen molar-refractivity contribution in [2.24, 2.45) is 0 Å². The highest BCUT2D eigenvalue weighted by Gasteiger charge is 2.53. The minimum absolute atomic E-state index is 0.00266. The number of rotatable bonds is 25. The Morgan fingerprint density at radius 3 is 2.38 bits per heavy atom. The van der Waals surface area contributed by atoms with Crippen molar-refractivity contribution in [3.8, 4) is 6.07 Å². The van der Waals surface area contributed by atoms with E-state index in [4.69, 9.17) is 34.3 Å². The van der Waals surface area contributed by atoms with Gasteiger partial charge in [0, 0.05) is 12.2 Å². The van der Waals surface area contributed by atoms with Gasteiger partial charge in [0.15, 0.2) is 5.82 Å². The molecule has 1 aliphatic heterocycles. The maximum atomic E-state index is 14.5. The smallest absolute Gasteiger partial charge is 0.387 e. The van der Waals surface area contributed by atoms with E-state index in [2.05, 4.69) is 17.0 Å². The summed E-state index contributed by atoms with van der Waals surface area (Å²) in [7, 11) is -4.76. The van der Waals surface area contributed by atoms with Crippen molar-refractivity contribution in [2.45, 2.75) is 128 Å². The van der Waals surface area contributed by atoms with Gasteiger partial charge in [-0.05, 0) is 37.6 Å². The summed E-state index contributed by atoms with van der Waals surface area (Å²) in [6.45, 7) is 2.85. The molecule has 1 aromatic carbocycles. The SMILES string of the molecule is CCCCCCCCCCCCCCOC[C@H](COP(=O)(O)OC[C@@]1(C)O[C@@H](c2ccc3c(N)ncnn23)[C@H](O)[C@@H]1O)OCc1ccc(C#N)cc1F. The number of aliphatic hydroxyl groups excluding tert-OH is 2. The molecule has 53 heavy (non-hydrogen) atoms. The molecule has 0 aliphatic carbocycles. The molecule has 0 spiro atoms. The maximum absolute atomic E-state index is 14.5. The predicted molar refractivity (Wildman–Crippen MR) is 195 cm³/mol. The number of benzene rings is 1. The van der Waals surface area contributed by atoms with Gasteiger partial charge in [0.2, 0.25) is 0 Å². The molecular formula is C37H55FN5O9P. The van der Waals surface area contributed by atoms with E-state index in [1.54, 1.807) is 12.1 Å². The summed E-state index contributed by atoms with van der Waals surface area (Å²) >= 11 is 0. The van der Waals surface area contributed by atoms with Crippen LogP contribution in [-0.4, -0.2) is 80.0 Å². The minimum atomic E-state index is -4.76. The number of nitrogens with two attached hydrogens (primary N) is 1. The first-order valence-electron chi connectivity index (χ1n) is 18.6. The molecule has 16 heteroatoms. The molecule has 1 unspecified atom stereocenters. The molecule has 5 N–H and O–H groups in total. The number of anilines is 1. The van der Waals surface area contributed by atoms with Crippen molar-refractivity contribution in [1.29, 1.82) is 5.26 Å². The summed E-state index contributed by atoms with van der Waals surface area (Å²) < 4.78 is 57.2. The fraction of sp³-hybridized carbons (Fsp3) is 0.649. The zero-order valence-electron chi connectivity index (χ0n) is 30.8. The van der Waals surface area contributed by atoms with E-state index >= 15 is 0 Å². The fourth-order valence-electron chi connectivity index (χ4n) is 6.27. The van der Waals surface area contributed by atoms with Gasteiger partial charge >= 0.3 is 7.82 Å². The Hall–Kier alpha value is -3.03. The Balaban J connectivity index is 1.25. The van der Waals surface area contributed by atoms with E-state index < -0.39 is 56.9 Å². The van der Waals surface area contributed by atoms with Crippen LogP contribution >= 0.6 is 7.82 Å². The first-order valence-corrected chi connectivity index (χ1v) is 20.1. The second-order valence-corrected chi connectivity index (χ2v) is 15.3. The number of phosphoric acid groups is 1. The van der Waals surface area contributed by atoms with Gasteiger partial charge in [0.05, 0.1) is 43.8 Å². The first kappa shape index (κ1) is 42.7. The van der Waals surface area contributed by atoms with Crippen molar-refractivity contribution in [3.63, 3.8) is 0 Å². The minimum Gasteiger partial charge on any atom is -0.387 e. The summed E-state index contributed by atoms with van der Waals surface area (Å²) in [5.41, 5.74) is 5.51. The van der Waals surface area contributed by atoms with Crippen LogP contribution < -0.4 is 5.73 Å². The number of fused-ring (bicyclic) bond motifs is 1. The number of ether oxygens (including phenoxy) is 3. The molecule has 1 fully saturated rings. The first-order chi connectivity index (χ1) is 25.5. The average molecular weight is 764 g/mol. The third kappa shape index (κ3) is 12.8. The van der Waals surface area contributed by atoms with Gasteiger partial charge in [-0.1, -0.05) is 83.6 Å². The van der Waals surface area contributed by atoms with E-state index in [1.165, 1.54) is 87.7 Å². The zero-order valence-corrected chi connectivity index (χ0v) is 31.7. The molecule has 3 aromatic rings. The van der Waals surface area contributed by atoms with Crippen molar-refractivity contribution in [1.82, 2.24) is 14.6 Å². The largest absolute Gasteiger partial charge is 0.472 e. The van der Waals surface area contributed by atoms with Crippen LogP contribution in [0.2, 0.25) is 0 Å². The number of aromatic nitrogens is 3. The molecule has 1 aliphatic rings. The van der Waals surface area contributed by atoms with Gasteiger partial charge in [-0.15, -0.1) is 0 Å². The lowest BCUT2D eigenvalue weighted by molar-refractivity contribution is -0.102. The normalized spacial score (nSPS) is 21.9. The number of nitrogen functional groups attached to an aromatic ring is 1. The molecule has 6 atom stereocenters. The number of halogens is 1. The number of nitriles is 1. The van der Waals surface area contributed by atoms with Gasteiger partial charge < -0.3 is 35.1 Å². The monoisotopic (exact) mass is 763 g/mol. The molecule has 14 nitrogen and oxygen atoms in total. The van der Waals surface area contributed by atoms with E-state index in [0.717, 1.165) is 25.3 Å². The summed E-state index contributed by atoms with van der Waals surface area (Å²) in [4.78, 5) is 14.5. The van der Waals surface area contributed by atoms with Crippen molar-refractivity contribution >= 4 is 19.2 Å². The third-order valence-corrected chi connectivity index (χ3v) is 10.4. The van der Waals surface area contributed by atoms with Crippen LogP contribution in [0.3, 0.4) is 0 Å². The topological polar surface area (TPSA) is 204 Å². The Morgan fingerprint density at radius 1 is 1.04 bits per heavy atom. The molecule has 0 radical (unpaired) electrons. The molecular weight excluding hydrogens is 708 g/mol. The van der Waals surface area contributed by atoms with Gasteiger partial charge in [0.1, 0.15) is 47.7 Å². The van der Waals surface area contributed by atoms with E-state index in [-0.39, 0.29) is 30.2 Å². The molecule has 1 saturated heterocycles. The highest BCUT2D eigenvalue weighted by molar-refractivity contribution is 7.47. The summed E-state index contributed by atoms with van der Waals surface area (Å²) in [5.74, 6) is -0.409. The number of hydrogen-bond acceptors (Lipinski definition) is 12. The van der Waals surface area contributed by atoms with Gasteiger partial charge in [-0.25, -0.2) is 18.5 Å². The second-order valence-electron chi connectivity index (χ2n) is 13.8. The standard InChI is InChI=1S/C37H55FN5O9P/c1-3-4-5-6-7-8-9-10-11-12-13-14-19-48-23-29(49-22-28-16-15-27(21-39)20-30(28)38)24-50-53(46,47)51-25-37(2)35(45)33(44)34(52-37)31-17-18-32-36(40)41-26-42-43(31)32/h15-18,20,26,29,33-35,44-45H,3-14,19,22-25H2,1-2H3,(H,46,47)(H2,40,41,42)/t29-,33+,34+,35+,37-/m1/s1. The Morgan fingerprint density at radius 2 is 1.72 bits per heavy atom. The van der Waals surface area contributed by atoms with Crippen molar-refractivity contribution in [3.05, 3.63) is 59.3 Å². The molecule has 0 amide bonds. The van der Waals surface area contributed by atoms with E-state index in [1.807, 2.05) is 6.07 Å². The lowest BCUT2D eigenvalue weighted by Crippen LogP contribution is -2.44. The highest BCUT2D eigenvalue weighted by Crippen LogP contribution is 2.47. The summed E-state index contributed by atoms with van der Waals surface area (Å²) in [6, 6.07) is 9.16. The van der Waals surface area contributed by atoms with Gasteiger partial charge in [-0.2, -0.15) is 10.4 Å². The highest BCUT2D eigenvalue weighted by atomic mass is 31.2. The van der Waals surface area contributed by atoms with Gasteiger partial charge in [-0.3, -0.25) is 9.05 Å². The number of hydrogen-bond donors (Lipinski definition) is 4. The second kappa shape index (κ2) is 21.2. The van der Waals surface area contributed by atoms with Crippen LogP contribution in [0, 0.1) is 17.1 Å². The Labute approximate surface area is 311 Å². The molecule has 4 rings (SSSR count). The lowest BCUT2D eigenvalue weighted by atomic mass is 9.97. The fourth-order valence-corrected chi connectivity index (χ4v) is 7.12. The molecule has 294 valence electrons. The zero-order chi connectivity index (χ0) is 38.3. The number of unbranched alkanes of at least 4 members (excludes halogenated alkanes) is 11. The van der Waals surface area contributed by atoms with Crippen LogP contribution in [0.5, 0.6) is 0 Å². The lowest BCUT2D eigenvalue weighted by Gasteiger charge is -2.28. The van der Waals surface area contributed by atoms with Crippen LogP contribution in [-0.2, 0) is 34.4 Å². The van der Waals surface area contributed by atoms with Gasteiger partial charge in [0.25, 0.3) is 0 Å². The summed E-state index contributed by atoms with van der Waals surface area (Å²) in [6.07, 6.45) is 10.9. The molecule has 0 saturated carbocycles. The molecule has 0 bridgehead atoms. The number of aliphatic hydroxyl groups is 2. The van der Waals surface area contributed by atoms with Crippen LogP contribution in [0.15, 0.2) is 36.7 Å². The number of phosphoric ester groups is 1. The molecule has 2 aromatic heterocycles. The quantitative estimate of drug-likeness (QED) is 0.0553. The molecule has 3 heterocycles. The maximum Gasteiger partial charge on any atom is 0.472 e. The number of nitrogens with zero attached hydrogens (tertiary/aromatic N) is 4. The van der Waals surface area contributed by atoms with Crippen LogP contribution in [0.4, 0.5) is 10.2 Å². The van der Waals surface area contributed by atoms with Crippen molar-refractivity contribution < 1.29 is 47.3 Å². The van der Waals surface area contributed by atoms with Crippen LogP contribution in [0.1, 0.15) is 114 Å². The van der Waals surface area contributed by atoms with E-state index in [9.17, 15) is 24.1 Å². The Bertz CT molecular complexity index is 1660. The Kier molecular flexibility index (Phi) is 17.1. The van der Waals surface area contributed by atoms with Crippen LogP contribution in [0.25, 0.3) is 5.52 Å². The van der Waals surface area contributed by atoms with Crippen molar-refractivity contribution in [2.75, 3.05) is 32.2 Å². The average Bonchev–Trinajstić information content (AvgIpc) is 3.67. The third-order valence-electron chi connectivity index (χ3n) is 9.50. The van der Waals surface area contributed by atoms with E-state index in [0.29, 0.717) is 17.8 Å². The predicted octanol–water partition coefficient (Wildman–Crippen LogP) is 6.31.